The molecule has 0 saturated carbocycles. The van der Waals surface area contributed by atoms with Gasteiger partial charge in [-0.25, -0.2) is 0 Å². The summed E-state index contributed by atoms with van der Waals surface area (Å²) in [6.45, 7) is 0. The van der Waals surface area contributed by atoms with Crippen molar-refractivity contribution >= 4 is 38.0 Å². The third kappa shape index (κ3) is 2.09. The maximum Gasteiger partial charge on any atom is 0.263 e. The van der Waals surface area contributed by atoms with Crippen molar-refractivity contribution in [2.45, 2.75) is 5.41 Å². The number of para-hydroxylation sites is 1. The molecule has 1 spiro atoms. The SMILES string of the molecule is O=c1c2ccccc2c2cccc3c4ccc5c(c4n1c23)-c1ccccc1C51c2ccccc2-c2ccccc21. The normalized spacial score (nSPS) is 14.3. The first-order valence-corrected chi connectivity index (χ1v) is 13.8. The van der Waals surface area contributed by atoms with E-state index >= 15 is 0 Å². The average molecular weight is 508 g/mol. The fourth-order valence-corrected chi connectivity index (χ4v) is 8.17. The molecular weight excluding hydrogens is 486 g/mol. The molecule has 0 radical (unpaired) electrons. The summed E-state index contributed by atoms with van der Waals surface area (Å²) >= 11 is 0. The Kier molecular flexibility index (Phi) is 3.55. The molecule has 2 aliphatic rings. The Morgan fingerprint density at radius 3 is 1.60 bits per heavy atom. The van der Waals surface area contributed by atoms with Crippen LogP contribution in [0.1, 0.15) is 22.3 Å². The Morgan fingerprint density at radius 1 is 0.400 bits per heavy atom. The first-order valence-electron chi connectivity index (χ1n) is 13.8. The highest BCUT2D eigenvalue weighted by Gasteiger charge is 2.52. The topological polar surface area (TPSA) is 21.5 Å². The molecule has 40 heavy (non-hydrogen) atoms. The third-order valence-corrected chi connectivity index (χ3v) is 9.56. The van der Waals surface area contributed by atoms with Gasteiger partial charge in [0.25, 0.3) is 5.56 Å². The number of aromatic nitrogens is 1. The molecule has 2 heterocycles. The van der Waals surface area contributed by atoms with E-state index in [1.54, 1.807) is 0 Å². The number of rotatable bonds is 0. The second kappa shape index (κ2) is 6.86. The van der Waals surface area contributed by atoms with Gasteiger partial charge in [-0.15, -0.1) is 0 Å². The van der Waals surface area contributed by atoms with Gasteiger partial charge in [-0.3, -0.25) is 9.20 Å². The van der Waals surface area contributed by atoms with Crippen molar-refractivity contribution < 1.29 is 0 Å². The first-order chi connectivity index (χ1) is 19.8. The van der Waals surface area contributed by atoms with E-state index < -0.39 is 5.41 Å². The lowest BCUT2D eigenvalue weighted by atomic mass is 9.70. The van der Waals surface area contributed by atoms with Crippen molar-refractivity contribution in [2.75, 3.05) is 0 Å². The van der Waals surface area contributed by atoms with Crippen molar-refractivity contribution in [1.29, 1.82) is 0 Å². The molecule has 10 rings (SSSR count). The standard InChI is InChI=1S/C38H21NO/c40-37-28-13-2-1-10-22(28)25-15-9-16-26-27-20-21-33-34(36(27)39(37)35(25)26)29-14-5-8-19-32(29)38(33)30-17-6-3-11-23(30)24-12-4-7-18-31(24)38/h1-21H. The van der Waals surface area contributed by atoms with Gasteiger partial charge in [0.05, 0.1) is 16.4 Å². The summed E-state index contributed by atoms with van der Waals surface area (Å²) in [4.78, 5) is 14.4. The summed E-state index contributed by atoms with van der Waals surface area (Å²) in [5, 5.41) is 5.15. The fourth-order valence-electron chi connectivity index (χ4n) is 8.17. The van der Waals surface area contributed by atoms with Crippen molar-refractivity contribution in [2.24, 2.45) is 0 Å². The van der Waals surface area contributed by atoms with Crippen LogP contribution in [0.2, 0.25) is 0 Å². The van der Waals surface area contributed by atoms with Crippen LogP contribution in [0.3, 0.4) is 0 Å². The minimum atomic E-state index is -0.428. The van der Waals surface area contributed by atoms with Crippen molar-refractivity contribution in [3.63, 3.8) is 0 Å². The van der Waals surface area contributed by atoms with Gasteiger partial charge in [0.15, 0.2) is 0 Å². The quantitative estimate of drug-likeness (QED) is 0.189. The maximum absolute atomic E-state index is 14.4. The predicted molar refractivity (Wildman–Crippen MR) is 164 cm³/mol. The second-order valence-corrected chi connectivity index (χ2v) is 11.2. The highest BCUT2D eigenvalue weighted by Crippen LogP contribution is 2.63. The molecule has 8 aromatic rings. The molecule has 6 aromatic carbocycles. The first kappa shape index (κ1) is 20.7. The minimum absolute atomic E-state index is 0.0494. The van der Waals surface area contributed by atoms with Crippen LogP contribution in [-0.4, -0.2) is 4.40 Å². The molecule has 2 aliphatic carbocycles. The lowest BCUT2D eigenvalue weighted by Gasteiger charge is -2.30. The number of benzene rings is 6. The summed E-state index contributed by atoms with van der Waals surface area (Å²) in [5.74, 6) is 0. The zero-order valence-electron chi connectivity index (χ0n) is 21.5. The average Bonchev–Trinajstić information content (AvgIpc) is 3.62. The zero-order chi connectivity index (χ0) is 26.2. The van der Waals surface area contributed by atoms with Crippen molar-refractivity contribution in [1.82, 2.24) is 4.40 Å². The van der Waals surface area contributed by atoms with Crippen molar-refractivity contribution in [3.05, 3.63) is 160 Å². The van der Waals surface area contributed by atoms with Crippen LogP contribution >= 0.6 is 0 Å². The van der Waals surface area contributed by atoms with Gasteiger partial charge >= 0.3 is 0 Å². The summed E-state index contributed by atoms with van der Waals surface area (Å²) in [5.41, 5.74) is 11.8. The molecule has 0 saturated heterocycles. The molecule has 0 N–H and O–H groups in total. The Balaban J connectivity index is 1.50. The van der Waals surface area contributed by atoms with Gasteiger partial charge in [-0.1, -0.05) is 121 Å². The monoisotopic (exact) mass is 507 g/mol. The fraction of sp³-hybridized carbons (Fsp3) is 0.0263. The van der Waals surface area contributed by atoms with Crippen LogP contribution in [0.5, 0.6) is 0 Å². The molecular formula is C38H21NO. The number of hydrogen-bond acceptors (Lipinski definition) is 1. The van der Waals surface area contributed by atoms with E-state index in [9.17, 15) is 4.79 Å². The van der Waals surface area contributed by atoms with Crippen LogP contribution in [0.15, 0.2) is 132 Å². The smallest absolute Gasteiger partial charge is 0.263 e. The van der Waals surface area contributed by atoms with E-state index in [-0.39, 0.29) is 5.56 Å². The number of pyridine rings is 1. The van der Waals surface area contributed by atoms with Gasteiger partial charge in [0.2, 0.25) is 0 Å². The van der Waals surface area contributed by atoms with Crippen LogP contribution < -0.4 is 5.56 Å². The van der Waals surface area contributed by atoms with E-state index in [0.29, 0.717) is 0 Å². The van der Waals surface area contributed by atoms with E-state index in [1.165, 1.54) is 44.5 Å². The van der Waals surface area contributed by atoms with Gasteiger partial charge in [0.1, 0.15) is 0 Å². The van der Waals surface area contributed by atoms with Gasteiger partial charge in [0, 0.05) is 27.1 Å². The van der Waals surface area contributed by atoms with E-state index in [4.69, 9.17) is 0 Å². The lowest BCUT2D eigenvalue weighted by Crippen LogP contribution is -2.25. The Morgan fingerprint density at radius 2 is 0.900 bits per heavy atom. The summed E-state index contributed by atoms with van der Waals surface area (Å²) in [7, 11) is 0. The Labute approximate surface area is 229 Å². The molecule has 0 amide bonds. The van der Waals surface area contributed by atoms with E-state index in [2.05, 4.69) is 109 Å². The van der Waals surface area contributed by atoms with E-state index in [0.717, 1.165) is 38.0 Å². The van der Waals surface area contributed by atoms with Gasteiger partial charge in [-0.2, -0.15) is 0 Å². The minimum Gasteiger partial charge on any atom is -0.274 e. The van der Waals surface area contributed by atoms with Crippen LogP contribution in [0.4, 0.5) is 0 Å². The molecule has 0 atom stereocenters. The summed E-state index contributed by atoms with van der Waals surface area (Å²) in [6.07, 6.45) is 0. The molecule has 0 aliphatic heterocycles. The molecule has 2 heteroatoms. The Hall–Kier alpha value is -5.21. The lowest BCUT2D eigenvalue weighted by molar-refractivity contribution is 0.794. The highest BCUT2D eigenvalue weighted by molar-refractivity contribution is 6.23. The zero-order valence-corrected chi connectivity index (χ0v) is 21.5. The molecule has 0 bridgehead atoms. The largest absolute Gasteiger partial charge is 0.274 e. The number of nitrogens with zero attached hydrogens (tertiary/aromatic N) is 1. The van der Waals surface area contributed by atoms with Crippen molar-refractivity contribution in [3.8, 4) is 22.3 Å². The maximum atomic E-state index is 14.4. The Bertz CT molecular complexity index is 2420. The number of hydrogen-bond donors (Lipinski definition) is 0. The van der Waals surface area contributed by atoms with E-state index in [1.807, 2.05) is 22.6 Å². The molecule has 2 nitrogen and oxygen atoms in total. The summed E-state index contributed by atoms with van der Waals surface area (Å²) in [6, 6.07) is 45.6. The van der Waals surface area contributed by atoms with Crippen LogP contribution in [0, 0.1) is 0 Å². The second-order valence-electron chi connectivity index (χ2n) is 11.2. The van der Waals surface area contributed by atoms with Gasteiger partial charge in [-0.05, 0) is 50.4 Å². The molecule has 0 unspecified atom stereocenters. The van der Waals surface area contributed by atoms with Gasteiger partial charge < -0.3 is 0 Å². The number of fused-ring (bicyclic) bond motifs is 16. The predicted octanol–water partition coefficient (Wildman–Crippen LogP) is 8.54. The molecule has 184 valence electrons. The highest BCUT2D eigenvalue weighted by atomic mass is 16.1. The molecule has 0 fully saturated rings. The molecule has 2 aromatic heterocycles. The third-order valence-electron chi connectivity index (χ3n) is 9.56. The van der Waals surface area contributed by atoms with Crippen LogP contribution in [0.25, 0.3) is 60.2 Å². The van der Waals surface area contributed by atoms with Crippen LogP contribution in [-0.2, 0) is 5.41 Å². The summed E-state index contributed by atoms with van der Waals surface area (Å²) < 4.78 is 2.02.